The molecular formula is C20H22FN3O2. The van der Waals surface area contributed by atoms with E-state index in [2.05, 4.69) is 9.88 Å². The summed E-state index contributed by atoms with van der Waals surface area (Å²) in [7, 11) is 0. The van der Waals surface area contributed by atoms with Gasteiger partial charge in [0.2, 0.25) is 5.88 Å². The van der Waals surface area contributed by atoms with Crippen molar-refractivity contribution in [1.82, 2.24) is 9.88 Å². The van der Waals surface area contributed by atoms with Crippen molar-refractivity contribution in [3.8, 4) is 11.6 Å². The number of rotatable bonds is 5. The maximum absolute atomic E-state index is 14.5. The maximum Gasteiger partial charge on any atom is 0.254 e. The minimum Gasteiger partial charge on any atom is -0.435 e. The summed E-state index contributed by atoms with van der Waals surface area (Å²) < 4.78 is 20.2. The Labute approximate surface area is 152 Å². The fourth-order valence-corrected chi connectivity index (χ4v) is 3.74. The molecule has 2 heterocycles. The molecule has 0 unspecified atom stereocenters. The first-order valence-corrected chi connectivity index (χ1v) is 9.11. The Morgan fingerprint density at radius 1 is 1.19 bits per heavy atom. The first-order valence-electron chi connectivity index (χ1n) is 9.11. The third-order valence-electron chi connectivity index (χ3n) is 5.09. The lowest BCUT2D eigenvalue weighted by atomic mass is 10.1. The molecule has 6 heteroatoms. The van der Waals surface area contributed by atoms with Crippen LogP contribution in [0.3, 0.4) is 0 Å². The van der Waals surface area contributed by atoms with E-state index in [1.165, 1.54) is 18.9 Å². The molecular weight excluding hydrogens is 333 g/mol. The number of aryl methyl sites for hydroxylation is 2. The molecule has 1 aliphatic carbocycles. The van der Waals surface area contributed by atoms with E-state index in [1.807, 2.05) is 6.07 Å². The average Bonchev–Trinajstić information content (AvgIpc) is 3.27. The van der Waals surface area contributed by atoms with Gasteiger partial charge in [-0.25, -0.2) is 9.37 Å². The lowest BCUT2D eigenvalue weighted by Gasteiger charge is -2.15. The molecule has 1 saturated heterocycles. The smallest absolute Gasteiger partial charge is 0.254 e. The molecule has 0 atom stereocenters. The molecule has 1 aliphatic heterocycles. The van der Waals surface area contributed by atoms with Crippen LogP contribution < -0.4 is 10.5 Å². The summed E-state index contributed by atoms with van der Waals surface area (Å²) in [6, 6.07) is 6.67. The lowest BCUT2D eigenvalue weighted by molar-refractivity contribution is 0.0997. The van der Waals surface area contributed by atoms with E-state index in [0.29, 0.717) is 0 Å². The van der Waals surface area contributed by atoms with Crippen LogP contribution in [-0.4, -0.2) is 28.9 Å². The van der Waals surface area contributed by atoms with Gasteiger partial charge >= 0.3 is 0 Å². The Morgan fingerprint density at radius 2 is 2.00 bits per heavy atom. The molecule has 1 aromatic heterocycles. The van der Waals surface area contributed by atoms with Crippen LogP contribution >= 0.6 is 0 Å². The van der Waals surface area contributed by atoms with Gasteiger partial charge in [0.25, 0.3) is 5.91 Å². The van der Waals surface area contributed by atoms with Crippen molar-refractivity contribution in [1.29, 1.82) is 0 Å². The van der Waals surface area contributed by atoms with Crippen LogP contribution in [0, 0.1) is 5.82 Å². The third-order valence-corrected chi connectivity index (χ3v) is 5.09. The summed E-state index contributed by atoms with van der Waals surface area (Å²) >= 11 is 0. The van der Waals surface area contributed by atoms with E-state index in [4.69, 9.17) is 10.5 Å². The number of carbonyl (C=O) groups is 1. The van der Waals surface area contributed by atoms with Crippen molar-refractivity contribution in [3.05, 3.63) is 52.5 Å². The number of nitrogens with zero attached hydrogens (tertiary/aromatic N) is 2. The molecule has 4 rings (SSSR count). The number of benzene rings is 1. The second kappa shape index (κ2) is 7.03. The van der Waals surface area contributed by atoms with Gasteiger partial charge in [0.15, 0.2) is 11.6 Å². The molecule has 2 N–H and O–H groups in total. The number of fused-ring (bicyclic) bond motifs is 1. The Bertz CT molecular complexity index is 847. The van der Waals surface area contributed by atoms with Gasteiger partial charge < -0.3 is 10.5 Å². The van der Waals surface area contributed by atoms with E-state index < -0.39 is 11.7 Å². The van der Waals surface area contributed by atoms with Crippen LogP contribution in [0.5, 0.6) is 11.6 Å². The summed E-state index contributed by atoms with van der Waals surface area (Å²) in [6.07, 6.45) is 5.10. The number of likely N-dealkylation sites (tertiary alicyclic amines) is 1. The Morgan fingerprint density at radius 3 is 2.73 bits per heavy atom. The van der Waals surface area contributed by atoms with Gasteiger partial charge in [0.05, 0.1) is 0 Å². The Kier molecular flexibility index (Phi) is 4.59. The van der Waals surface area contributed by atoms with Gasteiger partial charge in [0, 0.05) is 12.2 Å². The largest absolute Gasteiger partial charge is 0.435 e. The number of ether oxygens (including phenoxy) is 1. The normalized spacial score (nSPS) is 16.7. The van der Waals surface area contributed by atoms with Gasteiger partial charge in [0.1, 0.15) is 5.56 Å². The minimum atomic E-state index is -0.617. The first-order chi connectivity index (χ1) is 12.6. The average molecular weight is 355 g/mol. The van der Waals surface area contributed by atoms with E-state index in [1.54, 1.807) is 12.1 Å². The van der Waals surface area contributed by atoms with Crippen molar-refractivity contribution in [3.63, 3.8) is 0 Å². The topological polar surface area (TPSA) is 68.5 Å². The minimum absolute atomic E-state index is 0.0584. The number of hydrogen-bond donors (Lipinski definition) is 1. The summed E-state index contributed by atoms with van der Waals surface area (Å²) in [5.41, 5.74) is 8.49. The molecule has 0 bridgehead atoms. The van der Waals surface area contributed by atoms with E-state index >= 15 is 0 Å². The SMILES string of the molecule is NC(=O)c1cc2c(nc1Oc1ccc(CN3CCCC3)cc1F)CCC2. The van der Waals surface area contributed by atoms with Gasteiger partial charge in [-0.1, -0.05) is 6.07 Å². The van der Waals surface area contributed by atoms with Gasteiger partial charge in [-0.2, -0.15) is 0 Å². The Balaban J connectivity index is 1.58. The van der Waals surface area contributed by atoms with Crippen molar-refractivity contribution in [2.45, 2.75) is 38.6 Å². The highest BCUT2D eigenvalue weighted by molar-refractivity contribution is 5.95. The highest BCUT2D eigenvalue weighted by atomic mass is 19.1. The predicted molar refractivity (Wildman–Crippen MR) is 95.8 cm³/mol. The summed E-state index contributed by atoms with van der Waals surface area (Å²) in [4.78, 5) is 18.5. The number of nitrogens with two attached hydrogens (primary N) is 1. The molecule has 5 nitrogen and oxygen atoms in total. The van der Waals surface area contributed by atoms with Crippen LogP contribution in [0.2, 0.25) is 0 Å². The Hall–Kier alpha value is -2.47. The van der Waals surface area contributed by atoms with E-state index in [9.17, 15) is 9.18 Å². The summed E-state index contributed by atoms with van der Waals surface area (Å²) in [6.45, 7) is 2.85. The molecule has 26 heavy (non-hydrogen) atoms. The zero-order chi connectivity index (χ0) is 18.1. The van der Waals surface area contributed by atoms with Crippen molar-refractivity contribution < 1.29 is 13.9 Å². The lowest BCUT2D eigenvalue weighted by Crippen LogP contribution is -2.18. The highest BCUT2D eigenvalue weighted by Gasteiger charge is 2.21. The number of amides is 1. The van der Waals surface area contributed by atoms with Crippen LogP contribution in [0.1, 0.15) is 46.4 Å². The first kappa shape index (κ1) is 17.0. The number of carbonyl (C=O) groups excluding carboxylic acids is 1. The number of halogens is 1. The fourth-order valence-electron chi connectivity index (χ4n) is 3.74. The maximum atomic E-state index is 14.5. The van der Waals surface area contributed by atoms with Gasteiger partial charge in [-0.3, -0.25) is 9.69 Å². The van der Waals surface area contributed by atoms with E-state index in [0.717, 1.165) is 55.7 Å². The van der Waals surface area contributed by atoms with Crippen molar-refractivity contribution in [2.24, 2.45) is 5.73 Å². The summed E-state index contributed by atoms with van der Waals surface area (Å²) in [5, 5.41) is 0. The number of aromatic nitrogens is 1. The molecule has 1 amide bonds. The van der Waals surface area contributed by atoms with Gasteiger partial charge in [-0.05, 0) is 74.5 Å². The molecule has 0 saturated carbocycles. The number of pyridine rings is 1. The number of primary amides is 1. The molecule has 136 valence electrons. The predicted octanol–water partition coefficient (Wildman–Crippen LogP) is 3.20. The zero-order valence-corrected chi connectivity index (χ0v) is 14.6. The monoisotopic (exact) mass is 355 g/mol. The highest BCUT2D eigenvalue weighted by Crippen LogP contribution is 2.31. The van der Waals surface area contributed by atoms with Crippen LogP contribution in [0.4, 0.5) is 4.39 Å². The molecule has 0 spiro atoms. The van der Waals surface area contributed by atoms with E-state index in [-0.39, 0.29) is 17.2 Å². The van der Waals surface area contributed by atoms with Crippen molar-refractivity contribution >= 4 is 5.91 Å². The zero-order valence-electron chi connectivity index (χ0n) is 14.6. The number of hydrogen-bond acceptors (Lipinski definition) is 4. The van der Waals surface area contributed by atoms with Gasteiger partial charge in [-0.15, -0.1) is 0 Å². The quantitative estimate of drug-likeness (QED) is 0.894. The standard InChI is InChI=1S/C20H22FN3O2/c21-16-10-13(12-24-8-1-2-9-24)6-7-18(16)26-20-15(19(22)25)11-14-4-3-5-17(14)23-20/h6-7,10-11H,1-5,8-9,12H2,(H2,22,25). The van der Waals surface area contributed by atoms with Crippen LogP contribution in [-0.2, 0) is 19.4 Å². The molecule has 0 radical (unpaired) electrons. The second-order valence-corrected chi connectivity index (χ2v) is 7.01. The molecule has 1 fully saturated rings. The second-order valence-electron chi connectivity index (χ2n) is 7.01. The molecule has 2 aromatic rings. The molecule has 1 aromatic carbocycles. The summed E-state index contributed by atoms with van der Waals surface area (Å²) in [5.74, 6) is -0.930. The third kappa shape index (κ3) is 3.42. The van der Waals surface area contributed by atoms with Crippen LogP contribution in [0.15, 0.2) is 24.3 Å². The van der Waals surface area contributed by atoms with Crippen LogP contribution in [0.25, 0.3) is 0 Å². The molecule has 2 aliphatic rings. The fraction of sp³-hybridized carbons (Fsp3) is 0.400. The van der Waals surface area contributed by atoms with Crippen molar-refractivity contribution in [2.75, 3.05) is 13.1 Å².